The van der Waals surface area contributed by atoms with Crippen LogP contribution in [0.2, 0.25) is 0 Å². The first kappa shape index (κ1) is 15.0. The van der Waals surface area contributed by atoms with Crippen molar-refractivity contribution in [3.8, 4) is 0 Å². The number of aryl methyl sites for hydroxylation is 1. The maximum Gasteiger partial charge on any atom is 0.124 e. The van der Waals surface area contributed by atoms with E-state index in [0.717, 1.165) is 24.4 Å². The fourth-order valence-corrected chi connectivity index (χ4v) is 2.89. The highest BCUT2D eigenvalue weighted by molar-refractivity contribution is 7.83. The monoisotopic (exact) mass is 290 g/mol. The molecule has 0 amide bonds. The molecule has 2 rings (SSSR count). The van der Waals surface area contributed by atoms with E-state index in [1.54, 1.807) is 0 Å². The first-order valence-electron chi connectivity index (χ1n) is 7.03. The van der Waals surface area contributed by atoms with Crippen molar-refractivity contribution in [2.45, 2.75) is 37.6 Å². The van der Waals surface area contributed by atoms with Crippen LogP contribution in [-0.4, -0.2) is 15.3 Å². The van der Waals surface area contributed by atoms with Gasteiger partial charge in [-0.3, -0.25) is 0 Å². The molecule has 0 aliphatic heterocycles. The van der Waals surface area contributed by atoms with Crippen LogP contribution < -0.4 is 4.72 Å². The van der Waals surface area contributed by atoms with E-state index in [9.17, 15) is 4.21 Å². The number of benzene rings is 1. The fourth-order valence-electron chi connectivity index (χ4n) is 2.01. The highest BCUT2D eigenvalue weighted by Crippen LogP contribution is 2.15. The van der Waals surface area contributed by atoms with Crippen molar-refractivity contribution in [2.75, 3.05) is 6.54 Å². The lowest BCUT2D eigenvalue weighted by Gasteiger charge is -2.08. The second-order valence-corrected chi connectivity index (χ2v) is 6.46. The van der Waals surface area contributed by atoms with Crippen molar-refractivity contribution < 1.29 is 4.21 Å². The van der Waals surface area contributed by atoms with Gasteiger partial charge in [0.1, 0.15) is 11.0 Å². The van der Waals surface area contributed by atoms with E-state index >= 15 is 0 Å². The van der Waals surface area contributed by atoms with Gasteiger partial charge in [-0.05, 0) is 42.2 Å². The molecule has 20 heavy (non-hydrogen) atoms. The SMILES string of the molecule is CC(C)c1ccc(S(=O)NCCCn2cccc2)cc1. The third-order valence-electron chi connectivity index (χ3n) is 3.25. The molecule has 1 N–H and O–H groups in total. The highest BCUT2D eigenvalue weighted by Gasteiger charge is 2.04. The second kappa shape index (κ2) is 7.41. The summed E-state index contributed by atoms with van der Waals surface area (Å²) in [6.45, 7) is 6.01. The molecule has 2 aromatic rings. The Hall–Kier alpha value is -1.39. The van der Waals surface area contributed by atoms with Gasteiger partial charge in [0.15, 0.2) is 0 Å². The van der Waals surface area contributed by atoms with Crippen molar-refractivity contribution in [3.05, 3.63) is 54.4 Å². The molecule has 0 spiro atoms. The van der Waals surface area contributed by atoms with Gasteiger partial charge in [-0.25, -0.2) is 8.93 Å². The number of rotatable bonds is 7. The lowest BCUT2D eigenvalue weighted by molar-refractivity contribution is 0.627. The van der Waals surface area contributed by atoms with Gasteiger partial charge in [-0.1, -0.05) is 26.0 Å². The Kier molecular flexibility index (Phi) is 5.56. The minimum Gasteiger partial charge on any atom is -0.354 e. The van der Waals surface area contributed by atoms with Crippen LogP contribution in [0.4, 0.5) is 0 Å². The summed E-state index contributed by atoms with van der Waals surface area (Å²) in [5.74, 6) is 0.506. The number of hydrogen-bond donors (Lipinski definition) is 1. The Morgan fingerprint density at radius 1 is 1.15 bits per heavy atom. The summed E-state index contributed by atoms with van der Waals surface area (Å²) in [4.78, 5) is 0.843. The first-order chi connectivity index (χ1) is 9.66. The van der Waals surface area contributed by atoms with Crippen LogP contribution in [0.25, 0.3) is 0 Å². The van der Waals surface area contributed by atoms with Gasteiger partial charge in [-0.15, -0.1) is 0 Å². The number of nitrogens with zero attached hydrogens (tertiary/aromatic N) is 1. The molecule has 108 valence electrons. The van der Waals surface area contributed by atoms with Crippen molar-refractivity contribution in [1.29, 1.82) is 0 Å². The summed E-state index contributed by atoms with van der Waals surface area (Å²) in [5.41, 5.74) is 1.28. The molecular weight excluding hydrogens is 268 g/mol. The van der Waals surface area contributed by atoms with Crippen LogP contribution in [0, 0.1) is 0 Å². The van der Waals surface area contributed by atoms with E-state index in [1.807, 2.05) is 36.7 Å². The topological polar surface area (TPSA) is 34.0 Å². The quantitative estimate of drug-likeness (QED) is 0.780. The van der Waals surface area contributed by atoms with Crippen LogP contribution >= 0.6 is 0 Å². The maximum absolute atomic E-state index is 12.1. The molecule has 0 saturated heterocycles. The smallest absolute Gasteiger partial charge is 0.124 e. The average Bonchev–Trinajstić information content (AvgIpc) is 2.96. The molecule has 1 unspecified atom stereocenters. The molecule has 0 aliphatic carbocycles. The minimum atomic E-state index is -1.11. The van der Waals surface area contributed by atoms with Crippen molar-refractivity contribution >= 4 is 11.0 Å². The van der Waals surface area contributed by atoms with E-state index in [2.05, 4.69) is 35.3 Å². The van der Waals surface area contributed by atoms with E-state index < -0.39 is 11.0 Å². The summed E-state index contributed by atoms with van der Waals surface area (Å²) >= 11 is 0. The third kappa shape index (κ3) is 4.32. The molecule has 0 aliphatic rings. The highest BCUT2D eigenvalue weighted by atomic mass is 32.2. The van der Waals surface area contributed by atoms with Gasteiger partial charge in [-0.2, -0.15) is 0 Å². The van der Waals surface area contributed by atoms with E-state index in [4.69, 9.17) is 0 Å². The molecule has 1 heterocycles. The molecule has 0 bridgehead atoms. The van der Waals surface area contributed by atoms with Crippen molar-refractivity contribution in [2.24, 2.45) is 0 Å². The molecule has 1 atom stereocenters. The third-order valence-corrected chi connectivity index (χ3v) is 4.42. The van der Waals surface area contributed by atoms with Gasteiger partial charge < -0.3 is 4.57 Å². The van der Waals surface area contributed by atoms with Gasteiger partial charge >= 0.3 is 0 Å². The summed E-state index contributed by atoms with van der Waals surface area (Å²) in [6, 6.07) is 12.0. The largest absolute Gasteiger partial charge is 0.354 e. The molecule has 0 saturated carbocycles. The summed E-state index contributed by atoms with van der Waals surface area (Å²) in [7, 11) is -1.11. The first-order valence-corrected chi connectivity index (χ1v) is 8.18. The van der Waals surface area contributed by atoms with Crippen LogP contribution in [0.3, 0.4) is 0 Å². The Morgan fingerprint density at radius 2 is 1.80 bits per heavy atom. The standard InChI is InChI=1S/C16H22N2OS/c1-14(2)15-6-8-16(9-7-15)20(19)17-10-5-13-18-11-3-4-12-18/h3-4,6-9,11-12,14,17H,5,10,13H2,1-2H3. The maximum atomic E-state index is 12.1. The molecule has 3 nitrogen and oxygen atoms in total. The Labute approximate surface area is 123 Å². The Balaban J connectivity index is 1.76. The molecule has 4 heteroatoms. The van der Waals surface area contributed by atoms with E-state index in [1.165, 1.54) is 5.56 Å². The molecular formula is C16H22N2OS. The zero-order valence-electron chi connectivity index (χ0n) is 12.1. The summed E-state index contributed by atoms with van der Waals surface area (Å²) in [6.07, 6.45) is 5.05. The lowest BCUT2D eigenvalue weighted by atomic mass is 10.0. The predicted octanol–water partition coefficient (Wildman–Crippen LogP) is 3.31. The van der Waals surface area contributed by atoms with Crippen LogP contribution in [0.5, 0.6) is 0 Å². The second-order valence-electron chi connectivity index (χ2n) is 5.16. The fraction of sp³-hybridized carbons (Fsp3) is 0.375. The van der Waals surface area contributed by atoms with Gasteiger partial charge in [0, 0.05) is 25.5 Å². The molecule has 0 fully saturated rings. The van der Waals surface area contributed by atoms with Gasteiger partial charge in [0.2, 0.25) is 0 Å². The van der Waals surface area contributed by atoms with Gasteiger partial charge in [0.05, 0.1) is 4.90 Å². The zero-order chi connectivity index (χ0) is 14.4. The summed E-state index contributed by atoms with van der Waals surface area (Å²) < 4.78 is 17.3. The van der Waals surface area contributed by atoms with Crippen LogP contribution in [0.15, 0.2) is 53.7 Å². The number of aromatic nitrogens is 1. The van der Waals surface area contributed by atoms with E-state index in [-0.39, 0.29) is 0 Å². The van der Waals surface area contributed by atoms with Crippen LogP contribution in [0.1, 0.15) is 31.7 Å². The van der Waals surface area contributed by atoms with Gasteiger partial charge in [0.25, 0.3) is 0 Å². The lowest BCUT2D eigenvalue weighted by Crippen LogP contribution is -2.19. The predicted molar refractivity (Wildman–Crippen MR) is 84.0 cm³/mol. The number of nitrogens with one attached hydrogen (secondary N) is 1. The van der Waals surface area contributed by atoms with Crippen LogP contribution in [-0.2, 0) is 17.5 Å². The molecule has 1 aromatic carbocycles. The average molecular weight is 290 g/mol. The minimum absolute atomic E-state index is 0.506. The van der Waals surface area contributed by atoms with Crippen molar-refractivity contribution in [3.63, 3.8) is 0 Å². The zero-order valence-corrected chi connectivity index (χ0v) is 12.9. The van der Waals surface area contributed by atoms with E-state index in [0.29, 0.717) is 5.92 Å². The Bertz CT molecular complexity index is 532. The van der Waals surface area contributed by atoms with Crippen molar-refractivity contribution in [1.82, 2.24) is 9.29 Å². The molecule has 0 radical (unpaired) electrons. The summed E-state index contributed by atoms with van der Waals surface area (Å²) in [5, 5.41) is 0. The molecule has 1 aromatic heterocycles. The normalized spacial score (nSPS) is 12.8. The Morgan fingerprint density at radius 3 is 2.40 bits per heavy atom. The number of hydrogen-bond acceptors (Lipinski definition) is 1.